The lowest BCUT2D eigenvalue weighted by Gasteiger charge is -2.37. The van der Waals surface area contributed by atoms with E-state index in [9.17, 15) is 9.59 Å². The van der Waals surface area contributed by atoms with Crippen molar-refractivity contribution >= 4 is 17.5 Å². The van der Waals surface area contributed by atoms with Crippen LogP contribution in [0.15, 0.2) is 5.10 Å². The number of amides is 2. The number of rotatable bonds is 1. The van der Waals surface area contributed by atoms with E-state index >= 15 is 0 Å². The van der Waals surface area contributed by atoms with Crippen LogP contribution in [0.1, 0.15) is 19.8 Å². The van der Waals surface area contributed by atoms with Crippen molar-refractivity contribution in [3.05, 3.63) is 0 Å². The number of carbonyl (C=O) groups excluding carboxylic acids is 2. The van der Waals surface area contributed by atoms with E-state index in [1.807, 2.05) is 4.90 Å². The zero-order valence-corrected chi connectivity index (χ0v) is 10.3. The largest absolute Gasteiger partial charge is 0.335 e. The van der Waals surface area contributed by atoms with Crippen molar-refractivity contribution in [1.82, 2.24) is 15.2 Å². The Balaban J connectivity index is 1.98. The molecule has 2 aliphatic rings. The Kier molecular flexibility index (Phi) is 3.42. The van der Waals surface area contributed by atoms with Crippen molar-refractivity contribution < 1.29 is 9.59 Å². The summed E-state index contributed by atoms with van der Waals surface area (Å²) in [6.45, 7) is 4.44. The second-order valence-electron chi connectivity index (χ2n) is 4.67. The molecule has 2 heterocycles. The Morgan fingerprint density at radius 2 is 2.18 bits per heavy atom. The van der Waals surface area contributed by atoms with Gasteiger partial charge in [-0.15, -0.1) is 0 Å². The van der Waals surface area contributed by atoms with Crippen LogP contribution in [-0.4, -0.2) is 60.0 Å². The molecule has 0 bridgehead atoms. The molecule has 94 valence electrons. The first-order valence-corrected chi connectivity index (χ1v) is 5.93. The van der Waals surface area contributed by atoms with E-state index in [4.69, 9.17) is 0 Å². The molecule has 1 atom stereocenters. The number of carbonyl (C=O) groups is 2. The maximum Gasteiger partial charge on any atom is 0.270 e. The molecule has 6 nitrogen and oxygen atoms in total. The third-order valence-corrected chi connectivity index (χ3v) is 3.40. The average Bonchev–Trinajstić information content (AvgIpc) is 2.33. The molecule has 0 saturated carbocycles. The van der Waals surface area contributed by atoms with Crippen molar-refractivity contribution in [2.45, 2.75) is 25.8 Å². The van der Waals surface area contributed by atoms with Crippen LogP contribution in [0.4, 0.5) is 0 Å². The molecule has 0 radical (unpaired) electrons. The predicted molar refractivity (Wildman–Crippen MR) is 63.5 cm³/mol. The van der Waals surface area contributed by atoms with Crippen LogP contribution in [-0.2, 0) is 9.59 Å². The molecule has 1 saturated heterocycles. The van der Waals surface area contributed by atoms with Crippen LogP contribution in [0.25, 0.3) is 0 Å². The van der Waals surface area contributed by atoms with Crippen LogP contribution >= 0.6 is 0 Å². The molecule has 1 N–H and O–H groups in total. The fraction of sp³-hybridized carbons (Fsp3) is 0.727. The predicted octanol–water partition coefficient (Wildman–Crippen LogP) is -0.585. The van der Waals surface area contributed by atoms with E-state index in [0.29, 0.717) is 24.6 Å². The summed E-state index contributed by atoms with van der Waals surface area (Å²) in [6.07, 6.45) is 0.805. The van der Waals surface area contributed by atoms with Crippen LogP contribution in [0.3, 0.4) is 0 Å². The van der Waals surface area contributed by atoms with Crippen LogP contribution in [0, 0.1) is 0 Å². The number of nitrogens with zero attached hydrogens (tertiary/aromatic N) is 3. The van der Waals surface area contributed by atoms with Gasteiger partial charge in [0.05, 0.1) is 0 Å². The number of piperazine rings is 1. The summed E-state index contributed by atoms with van der Waals surface area (Å²) in [5.41, 5.74) is 2.84. The maximum absolute atomic E-state index is 12.1. The number of hydrazone groups is 1. The standard InChI is InChI=1S/C11H18N4O2/c1-8-7-15(6-5-14(8)2)11(17)9-3-4-10(16)13-12-9/h8H,3-7H2,1-2H3,(H,13,16). The molecule has 6 heteroatoms. The van der Waals surface area contributed by atoms with Gasteiger partial charge in [0.1, 0.15) is 5.71 Å². The normalized spacial score (nSPS) is 26.5. The van der Waals surface area contributed by atoms with Gasteiger partial charge in [-0.2, -0.15) is 5.10 Å². The molecule has 0 aromatic rings. The minimum atomic E-state index is -0.117. The van der Waals surface area contributed by atoms with Gasteiger partial charge < -0.3 is 9.80 Å². The highest BCUT2D eigenvalue weighted by Crippen LogP contribution is 2.10. The summed E-state index contributed by atoms with van der Waals surface area (Å²) in [6, 6.07) is 0.367. The Morgan fingerprint density at radius 1 is 1.41 bits per heavy atom. The minimum Gasteiger partial charge on any atom is -0.335 e. The molecule has 1 fully saturated rings. The summed E-state index contributed by atoms with van der Waals surface area (Å²) >= 11 is 0. The van der Waals surface area contributed by atoms with E-state index in [2.05, 4.69) is 29.4 Å². The molecule has 0 aliphatic carbocycles. The van der Waals surface area contributed by atoms with Gasteiger partial charge in [0.2, 0.25) is 5.91 Å². The summed E-state index contributed by atoms with van der Waals surface area (Å²) in [5, 5.41) is 3.84. The highest BCUT2D eigenvalue weighted by molar-refractivity contribution is 6.39. The van der Waals surface area contributed by atoms with Crippen molar-refractivity contribution in [2.75, 3.05) is 26.7 Å². The van der Waals surface area contributed by atoms with Crippen molar-refractivity contribution in [3.8, 4) is 0 Å². The van der Waals surface area contributed by atoms with Gasteiger partial charge >= 0.3 is 0 Å². The fourth-order valence-corrected chi connectivity index (χ4v) is 2.04. The van der Waals surface area contributed by atoms with Gasteiger partial charge in [-0.3, -0.25) is 9.59 Å². The van der Waals surface area contributed by atoms with E-state index in [1.165, 1.54) is 0 Å². The van der Waals surface area contributed by atoms with Gasteiger partial charge in [-0.05, 0) is 14.0 Å². The van der Waals surface area contributed by atoms with Crippen molar-refractivity contribution in [3.63, 3.8) is 0 Å². The molecule has 2 aliphatic heterocycles. The molecular weight excluding hydrogens is 220 g/mol. The smallest absolute Gasteiger partial charge is 0.270 e. The Morgan fingerprint density at radius 3 is 2.76 bits per heavy atom. The lowest BCUT2D eigenvalue weighted by molar-refractivity contribution is -0.127. The van der Waals surface area contributed by atoms with Gasteiger partial charge in [0, 0.05) is 38.5 Å². The zero-order chi connectivity index (χ0) is 12.4. The molecule has 17 heavy (non-hydrogen) atoms. The molecule has 0 aromatic heterocycles. The van der Waals surface area contributed by atoms with E-state index in [-0.39, 0.29) is 11.8 Å². The van der Waals surface area contributed by atoms with Crippen LogP contribution in [0.2, 0.25) is 0 Å². The fourth-order valence-electron chi connectivity index (χ4n) is 2.04. The molecular formula is C11H18N4O2. The first-order valence-electron chi connectivity index (χ1n) is 5.93. The first-order chi connectivity index (χ1) is 8.08. The number of nitrogens with one attached hydrogen (secondary N) is 1. The third kappa shape index (κ3) is 2.63. The Hall–Kier alpha value is -1.43. The quantitative estimate of drug-likeness (QED) is 0.664. The van der Waals surface area contributed by atoms with Crippen molar-refractivity contribution in [1.29, 1.82) is 0 Å². The second-order valence-corrected chi connectivity index (χ2v) is 4.67. The number of hydrogen-bond acceptors (Lipinski definition) is 4. The first kappa shape index (κ1) is 12.0. The third-order valence-electron chi connectivity index (χ3n) is 3.40. The SMILES string of the molecule is CC1CN(C(=O)C2=NNC(=O)CC2)CCN1C. The Bertz CT molecular complexity index is 366. The monoisotopic (exact) mass is 238 g/mol. The van der Waals surface area contributed by atoms with E-state index in [1.54, 1.807) is 0 Å². The average molecular weight is 238 g/mol. The molecule has 0 aromatic carbocycles. The van der Waals surface area contributed by atoms with Gasteiger partial charge in [-0.1, -0.05) is 0 Å². The Labute approximate surface area is 101 Å². The summed E-state index contributed by atoms with van der Waals surface area (Å²) in [7, 11) is 2.06. The van der Waals surface area contributed by atoms with Gasteiger partial charge in [0.15, 0.2) is 0 Å². The maximum atomic E-state index is 12.1. The van der Waals surface area contributed by atoms with Gasteiger partial charge in [-0.25, -0.2) is 5.43 Å². The van der Waals surface area contributed by atoms with E-state index < -0.39 is 0 Å². The number of likely N-dealkylation sites (N-methyl/N-ethyl adjacent to an activating group) is 1. The summed E-state index contributed by atoms with van der Waals surface area (Å²) < 4.78 is 0. The van der Waals surface area contributed by atoms with Crippen LogP contribution < -0.4 is 5.43 Å². The highest BCUT2D eigenvalue weighted by atomic mass is 16.2. The van der Waals surface area contributed by atoms with Crippen molar-refractivity contribution in [2.24, 2.45) is 5.10 Å². The lowest BCUT2D eigenvalue weighted by atomic mass is 10.1. The topological polar surface area (TPSA) is 65.0 Å². The molecule has 2 rings (SSSR count). The van der Waals surface area contributed by atoms with Crippen LogP contribution in [0.5, 0.6) is 0 Å². The highest BCUT2D eigenvalue weighted by Gasteiger charge is 2.28. The van der Waals surface area contributed by atoms with E-state index in [0.717, 1.165) is 19.6 Å². The number of hydrogen-bond donors (Lipinski definition) is 1. The summed E-state index contributed by atoms with van der Waals surface area (Å²) in [5.74, 6) is -0.154. The lowest BCUT2D eigenvalue weighted by Crippen LogP contribution is -2.54. The molecule has 1 unspecified atom stereocenters. The minimum absolute atomic E-state index is 0.0371. The second kappa shape index (κ2) is 4.83. The molecule has 0 spiro atoms. The van der Waals surface area contributed by atoms with Gasteiger partial charge in [0.25, 0.3) is 5.91 Å². The zero-order valence-electron chi connectivity index (χ0n) is 10.3. The molecule has 2 amide bonds. The summed E-state index contributed by atoms with van der Waals surface area (Å²) in [4.78, 5) is 27.1.